The van der Waals surface area contributed by atoms with Gasteiger partial charge in [-0.05, 0) is 19.3 Å². The molecule has 2 rings (SSSR count). The molecule has 15 heavy (non-hydrogen) atoms. The van der Waals surface area contributed by atoms with Crippen LogP contribution in [0.4, 0.5) is 11.6 Å². The number of anilines is 2. The van der Waals surface area contributed by atoms with Crippen LogP contribution < -0.4 is 16.2 Å². The molecule has 5 heteroatoms. The van der Waals surface area contributed by atoms with Gasteiger partial charge in [-0.2, -0.15) is 0 Å². The van der Waals surface area contributed by atoms with E-state index in [1.807, 2.05) is 6.92 Å². The Morgan fingerprint density at radius 3 is 2.93 bits per heavy atom. The molecule has 1 aromatic heterocycles. The number of nitrogens with one attached hydrogen (secondary N) is 1. The molecule has 0 saturated carbocycles. The van der Waals surface area contributed by atoms with Gasteiger partial charge in [-0.25, -0.2) is 15.8 Å². The van der Waals surface area contributed by atoms with Gasteiger partial charge in [-0.15, -0.1) is 0 Å². The summed E-state index contributed by atoms with van der Waals surface area (Å²) in [5, 5.41) is 0. The lowest BCUT2D eigenvalue weighted by molar-refractivity contribution is 0.658. The molecule has 1 aromatic rings. The van der Waals surface area contributed by atoms with Crippen molar-refractivity contribution in [3.8, 4) is 0 Å². The van der Waals surface area contributed by atoms with Gasteiger partial charge in [0.05, 0.1) is 0 Å². The highest BCUT2D eigenvalue weighted by Crippen LogP contribution is 2.26. The van der Waals surface area contributed by atoms with Crippen molar-refractivity contribution in [2.75, 3.05) is 23.4 Å². The van der Waals surface area contributed by atoms with Gasteiger partial charge in [0.1, 0.15) is 18.0 Å². The highest BCUT2D eigenvalue weighted by Gasteiger charge is 2.22. The third-order valence-corrected chi connectivity index (χ3v) is 2.92. The summed E-state index contributed by atoms with van der Waals surface area (Å²) in [7, 11) is 0. The molecule has 1 unspecified atom stereocenters. The Kier molecular flexibility index (Phi) is 2.73. The molecule has 1 fully saturated rings. The number of rotatable bonds is 2. The molecule has 1 atom stereocenters. The molecule has 0 bridgehead atoms. The van der Waals surface area contributed by atoms with Crippen LogP contribution in [0.2, 0.25) is 0 Å². The first-order chi connectivity index (χ1) is 7.22. The maximum absolute atomic E-state index is 5.39. The van der Waals surface area contributed by atoms with E-state index in [2.05, 4.69) is 27.2 Å². The number of nitrogen functional groups attached to an aromatic ring is 1. The van der Waals surface area contributed by atoms with E-state index in [1.165, 1.54) is 6.42 Å². The molecule has 0 aromatic carbocycles. The van der Waals surface area contributed by atoms with E-state index in [0.717, 1.165) is 30.4 Å². The van der Waals surface area contributed by atoms with Crippen molar-refractivity contribution in [3.63, 3.8) is 0 Å². The first kappa shape index (κ1) is 10.2. The minimum absolute atomic E-state index is 0.708. The molecule has 0 aliphatic carbocycles. The van der Waals surface area contributed by atoms with Gasteiger partial charge in [0, 0.05) is 18.7 Å². The molecule has 5 nitrogen and oxygen atoms in total. The maximum atomic E-state index is 5.39. The third-order valence-electron chi connectivity index (χ3n) is 2.92. The summed E-state index contributed by atoms with van der Waals surface area (Å²) in [6, 6.07) is 0. The predicted molar refractivity (Wildman–Crippen MR) is 60.6 cm³/mol. The van der Waals surface area contributed by atoms with Crippen LogP contribution >= 0.6 is 0 Å². The molecule has 3 N–H and O–H groups in total. The normalized spacial score (nSPS) is 20.7. The number of nitrogens with two attached hydrogens (primary N) is 1. The molecule has 2 heterocycles. The maximum Gasteiger partial charge on any atom is 0.148 e. The Labute approximate surface area is 89.7 Å². The zero-order chi connectivity index (χ0) is 10.8. The minimum atomic E-state index is 0.708. The predicted octanol–water partition coefficient (Wildman–Crippen LogP) is 0.917. The summed E-state index contributed by atoms with van der Waals surface area (Å²) in [4.78, 5) is 10.7. The number of hydrogen-bond donors (Lipinski definition) is 2. The number of nitrogens with zero attached hydrogens (tertiary/aromatic N) is 3. The SMILES string of the molecule is Cc1c(NN)ncnc1N1CCC(C)C1. The highest BCUT2D eigenvalue weighted by molar-refractivity contribution is 5.57. The Balaban J connectivity index is 2.28. The van der Waals surface area contributed by atoms with E-state index in [9.17, 15) is 0 Å². The topological polar surface area (TPSA) is 67.1 Å². The average Bonchev–Trinajstić information content (AvgIpc) is 2.65. The zero-order valence-electron chi connectivity index (χ0n) is 9.20. The molecular formula is C10H17N5. The largest absolute Gasteiger partial charge is 0.356 e. The van der Waals surface area contributed by atoms with Gasteiger partial charge in [0.25, 0.3) is 0 Å². The van der Waals surface area contributed by atoms with Crippen molar-refractivity contribution in [3.05, 3.63) is 11.9 Å². The van der Waals surface area contributed by atoms with E-state index in [4.69, 9.17) is 5.84 Å². The summed E-state index contributed by atoms with van der Waals surface area (Å²) in [5.41, 5.74) is 3.61. The lowest BCUT2D eigenvalue weighted by Gasteiger charge is -2.19. The number of hydrazine groups is 1. The fourth-order valence-electron chi connectivity index (χ4n) is 2.03. The zero-order valence-corrected chi connectivity index (χ0v) is 9.20. The van der Waals surface area contributed by atoms with Crippen LogP contribution in [0.25, 0.3) is 0 Å². The number of aromatic nitrogens is 2. The average molecular weight is 207 g/mol. The standard InChI is InChI=1S/C10H17N5/c1-7-3-4-15(5-7)10-8(2)9(14-11)12-6-13-10/h6-7H,3-5,11H2,1-2H3,(H,12,13,14). The fourth-order valence-corrected chi connectivity index (χ4v) is 2.03. The van der Waals surface area contributed by atoms with Gasteiger partial charge >= 0.3 is 0 Å². The van der Waals surface area contributed by atoms with Crippen LogP contribution in [-0.2, 0) is 0 Å². The van der Waals surface area contributed by atoms with Crippen molar-refractivity contribution in [1.29, 1.82) is 0 Å². The Morgan fingerprint density at radius 1 is 1.53 bits per heavy atom. The monoisotopic (exact) mass is 207 g/mol. The summed E-state index contributed by atoms with van der Waals surface area (Å²) in [6.07, 6.45) is 2.79. The summed E-state index contributed by atoms with van der Waals surface area (Å²) in [5.74, 6) is 7.84. The van der Waals surface area contributed by atoms with Crippen LogP contribution in [0.1, 0.15) is 18.9 Å². The van der Waals surface area contributed by atoms with Gasteiger partial charge in [-0.1, -0.05) is 6.92 Å². The van der Waals surface area contributed by atoms with Gasteiger partial charge < -0.3 is 10.3 Å². The summed E-state index contributed by atoms with van der Waals surface area (Å²) >= 11 is 0. The Hall–Kier alpha value is -1.36. The summed E-state index contributed by atoms with van der Waals surface area (Å²) < 4.78 is 0. The fraction of sp³-hybridized carbons (Fsp3) is 0.600. The second-order valence-corrected chi connectivity index (χ2v) is 4.16. The molecular weight excluding hydrogens is 190 g/mol. The third kappa shape index (κ3) is 1.87. The first-order valence-electron chi connectivity index (χ1n) is 5.25. The number of hydrogen-bond acceptors (Lipinski definition) is 5. The first-order valence-corrected chi connectivity index (χ1v) is 5.25. The summed E-state index contributed by atoms with van der Waals surface area (Å²) in [6.45, 7) is 6.40. The Morgan fingerprint density at radius 2 is 2.33 bits per heavy atom. The Bertz CT molecular complexity index is 352. The van der Waals surface area contributed by atoms with E-state index >= 15 is 0 Å². The van der Waals surface area contributed by atoms with Crippen molar-refractivity contribution in [2.45, 2.75) is 20.3 Å². The minimum Gasteiger partial charge on any atom is -0.356 e. The van der Waals surface area contributed by atoms with E-state index in [-0.39, 0.29) is 0 Å². The van der Waals surface area contributed by atoms with Crippen LogP contribution in [0.5, 0.6) is 0 Å². The highest BCUT2D eigenvalue weighted by atomic mass is 15.3. The molecule has 0 radical (unpaired) electrons. The van der Waals surface area contributed by atoms with Crippen LogP contribution in [-0.4, -0.2) is 23.1 Å². The van der Waals surface area contributed by atoms with Crippen molar-refractivity contribution < 1.29 is 0 Å². The van der Waals surface area contributed by atoms with Crippen LogP contribution in [0.3, 0.4) is 0 Å². The van der Waals surface area contributed by atoms with Crippen molar-refractivity contribution >= 4 is 11.6 Å². The van der Waals surface area contributed by atoms with Gasteiger partial charge in [0.2, 0.25) is 0 Å². The molecule has 0 amide bonds. The van der Waals surface area contributed by atoms with E-state index in [1.54, 1.807) is 6.33 Å². The second-order valence-electron chi connectivity index (χ2n) is 4.16. The van der Waals surface area contributed by atoms with Crippen molar-refractivity contribution in [1.82, 2.24) is 9.97 Å². The second kappa shape index (κ2) is 4.02. The van der Waals surface area contributed by atoms with Crippen LogP contribution in [0.15, 0.2) is 6.33 Å². The van der Waals surface area contributed by atoms with Gasteiger partial charge in [-0.3, -0.25) is 0 Å². The molecule has 0 spiro atoms. The quantitative estimate of drug-likeness (QED) is 0.557. The smallest absolute Gasteiger partial charge is 0.148 e. The lowest BCUT2D eigenvalue weighted by Crippen LogP contribution is -2.22. The van der Waals surface area contributed by atoms with Gasteiger partial charge in [0.15, 0.2) is 0 Å². The van der Waals surface area contributed by atoms with Crippen LogP contribution in [0, 0.1) is 12.8 Å². The molecule has 1 saturated heterocycles. The molecule has 1 aliphatic heterocycles. The lowest BCUT2D eigenvalue weighted by atomic mass is 10.2. The van der Waals surface area contributed by atoms with E-state index in [0.29, 0.717) is 5.82 Å². The van der Waals surface area contributed by atoms with Crippen molar-refractivity contribution in [2.24, 2.45) is 11.8 Å². The molecule has 1 aliphatic rings. The molecule has 82 valence electrons. The van der Waals surface area contributed by atoms with E-state index < -0.39 is 0 Å².